The molecule has 55 heavy (non-hydrogen) atoms. The van der Waals surface area contributed by atoms with Gasteiger partial charge in [-0.1, -0.05) is 23.7 Å². The molecule has 4 aliphatic rings. The van der Waals surface area contributed by atoms with Crippen LogP contribution in [-0.4, -0.2) is 183 Å². The average molecular weight is 783 g/mol. The molecule has 0 saturated carbocycles. The Balaban J connectivity index is 0.000000315. The number of azide groups is 1. The fourth-order valence-corrected chi connectivity index (χ4v) is 6.17. The lowest BCUT2D eigenvalue weighted by atomic mass is 9.77. The second-order valence-electron chi connectivity index (χ2n) is 13.9. The first kappa shape index (κ1) is 48.7. The Morgan fingerprint density at radius 3 is 1.62 bits per heavy atom. The highest BCUT2D eigenvalue weighted by atomic mass is 16.5. The monoisotopic (exact) mass is 783 g/mol. The zero-order chi connectivity index (χ0) is 38.4. The van der Waals surface area contributed by atoms with Crippen LogP contribution in [0.2, 0.25) is 0 Å². The number of nitrogens with two attached hydrogens (primary N) is 2. The Bertz CT molecular complexity index is 1160. The molecule has 0 aromatic carbocycles. The van der Waals surface area contributed by atoms with Gasteiger partial charge in [-0.2, -0.15) is 0 Å². The summed E-state index contributed by atoms with van der Waals surface area (Å²) in [6.07, 6.45) is 12.3. The van der Waals surface area contributed by atoms with Crippen molar-refractivity contribution in [3.05, 3.63) is 22.3 Å². The summed E-state index contributed by atoms with van der Waals surface area (Å²) < 4.78 is 44.1. The number of piperidine rings is 2. The van der Waals surface area contributed by atoms with E-state index >= 15 is 0 Å². The number of aromatic nitrogens is 3. The molecule has 2 spiro atoms. The van der Waals surface area contributed by atoms with Gasteiger partial charge in [0.05, 0.1) is 124 Å². The van der Waals surface area contributed by atoms with Crippen LogP contribution in [0.3, 0.4) is 0 Å². The maximum atomic E-state index is 7.97. The molecule has 5 rings (SSSR count). The van der Waals surface area contributed by atoms with Crippen LogP contribution in [0.1, 0.15) is 38.8 Å². The van der Waals surface area contributed by atoms with Crippen LogP contribution in [0.5, 0.6) is 0 Å². The van der Waals surface area contributed by atoms with Crippen molar-refractivity contribution in [2.75, 3.05) is 158 Å². The summed E-state index contributed by atoms with van der Waals surface area (Å²) in [6, 6.07) is 0. The fraction of sp³-hybridized carbons (Fsp3) is 0.892. The highest BCUT2D eigenvalue weighted by molar-refractivity contribution is 4.96. The lowest BCUT2D eigenvalue weighted by molar-refractivity contribution is -0.140. The summed E-state index contributed by atoms with van der Waals surface area (Å²) in [5.74, 6) is 2.70. The SMILES string of the molecule is C.C#CCN1CCC2(CC1)COC2.NCCOCCOCCOCCn1cc(CN2CCC3(CC2)COC3)nn1.[N-]=[N+]=NCCOCCOCCOCCN. The quantitative estimate of drug-likeness (QED) is 0.0474. The Hall–Kier alpha value is -2.47. The fourth-order valence-electron chi connectivity index (χ4n) is 6.17. The molecule has 1 aromatic heterocycles. The Kier molecular flexibility index (Phi) is 27.1. The number of hydrogen-bond acceptors (Lipinski definition) is 15. The molecule has 4 N–H and O–H groups in total. The van der Waals surface area contributed by atoms with Crippen molar-refractivity contribution < 1.29 is 37.9 Å². The lowest BCUT2D eigenvalue weighted by Gasteiger charge is -2.47. The summed E-state index contributed by atoms with van der Waals surface area (Å²) in [7, 11) is 0. The molecule has 0 aliphatic carbocycles. The second-order valence-corrected chi connectivity index (χ2v) is 13.9. The summed E-state index contributed by atoms with van der Waals surface area (Å²) in [4.78, 5) is 7.41. The van der Waals surface area contributed by atoms with E-state index in [0.717, 1.165) is 71.4 Å². The van der Waals surface area contributed by atoms with Crippen molar-refractivity contribution in [3.63, 3.8) is 0 Å². The van der Waals surface area contributed by atoms with Crippen LogP contribution in [0.15, 0.2) is 11.3 Å². The molecule has 18 nitrogen and oxygen atoms in total. The third-order valence-electron chi connectivity index (χ3n) is 9.63. The highest BCUT2D eigenvalue weighted by Crippen LogP contribution is 2.39. The van der Waals surface area contributed by atoms with E-state index in [4.69, 9.17) is 61.3 Å². The average Bonchev–Trinajstić information content (AvgIpc) is 3.61. The molecular formula is C37H70N10O8. The third-order valence-corrected chi connectivity index (χ3v) is 9.63. The van der Waals surface area contributed by atoms with Gasteiger partial charge in [0.2, 0.25) is 0 Å². The van der Waals surface area contributed by atoms with Crippen LogP contribution in [0.4, 0.5) is 0 Å². The second kappa shape index (κ2) is 30.6. The van der Waals surface area contributed by atoms with Crippen LogP contribution >= 0.6 is 0 Å². The maximum absolute atomic E-state index is 7.97. The first-order chi connectivity index (χ1) is 26.6. The summed E-state index contributed by atoms with van der Waals surface area (Å²) in [5, 5.41) is 11.8. The molecule has 316 valence electrons. The zero-order valence-corrected chi connectivity index (χ0v) is 32.4. The predicted molar refractivity (Wildman–Crippen MR) is 209 cm³/mol. The first-order valence-electron chi connectivity index (χ1n) is 19.4. The van der Waals surface area contributed by atoms with Gasteiger partial charge in [0.15, 0.2) is 0 Å². The predicted octanol–water partition coefficient (Wildman–Crippen LogP) is 1.57. The van der Waals surface area contributed by atoms with Gasteiger partial charge < -0.3 is 49.4 Å². The van der Waals surface area contributed by atoms with E-state index in [-0.39, 0.29) is 7.43 Å². The van der Waals surface area contributed by atoms with Crippen LogP contribution in [0, 0.1) is 23.2 Å². The molecular weight excluding hydrogens is 712 g/mol. The van der Waals surface area contributed by atoms with E-state index in [1.54, 1.807) is 0 Å². The normalized spacial score (nSPS) is 18.3. The molecule has 18 heteroatoms. The molecule has 0 atom stereocenters. The van der Waals surface area contributed by atoms with Crippen molar-refractivity contribution in [2.24, 2.45) is 27.4 Å². The van der Waals surface area contributed by atoms with Crippen molar-refractivity contribution in [1.29, 1.82) is 0 Å². The number of terminal acetylenes is 1. The van der Waals surface area contributed by atoms with E-state index in [1.807, 2.05) is 10.9 Å². The van der Waals surface area contributed by atoms with Gasteiger partial charge >= 0.3 is 0 Å². The lowest BCUT2D eigenvalue weighted by Crippen LogP contribution is -2.50. The molecule has 5 heterocycles. The first-order valence-corrected chi connectivity index (χ1v) is 19.4. The van der Waals surface area contributed by atoms with Crippen molar-refractivity contribution in [3.8, 4) is 12.3 Å². The summed E-state index contributed by atoms with van der Waals surface area (Å²) in [6.45, 7) is 18.8. The minimum atomic E-state index is 0. The molecule has 0 unspecified atom stereocenters. The van der Waals surface area contributed by atoms with Crippen LogP contribution < -0.4 is 11.5 Å². The minimum Gasteiger partial charge on any atom is -0.380 e. The van der Waals surface area contributed by atoms with Crippen LogP contribution in [-0.2, 0) is 51.0 Å². The Morgan fingerprint density at radius 1 is 0.727 bits per heavy atom. The number of nitrogens with zero attached hydrogens (tertiary/aromatic N) is 8. The highest BCUT2D eigenvalue weighted by Gasteiger charge is 2.41. The molecule has 4 fully saturated rings. The Morgan fingerprint density at radius 2 is 1.18 bits per heavy atom. The van der Waals surface area contributed by atoms with Gasteiger partial charge in [-0.05, 0) is 57.4 Å². The number of hydrogen-bond donors (Lipinski definition) is 2. The molecule has 1 aromatic rings. The smallest absolute Gasteiger partial charge is 0.0967 e. The van der Waals surface area contributed by atoms with Gasteiger partial charge in [0.1, 0.15) is 0 Å². The number of ether oxygens (including phenoxy) is 8. The third kappa shape index (κ3) is 21.0. The van der Waals surface area contributed by atoms with Crippen molar-refractivity contribution in [1.82, 2.24) is 24.8 Å². The van der Waals surface area contributed by atoms with Gasteiger partial charge in [-0.25, -0.2) is 4.68 Å². The van der Waals surface area contributed by atoms with Gasteiger partial charge in [-0.15, -0.1) is 11.5 Å². The van der Waals surface area contributed by atoms with Crippen LogP contribution in [0.25, 0.3) is 10.4 Å². The number of likely N-dealkylation sites (tertiary alicyclic amines) is 2. The van der Waals surface area contributed by atoms with E-state index in [9.17, 15) is 0 Å². The van der Waals surface area contributed by atoms with E-state index < -0.39 is 0 Å². The largest absolute Gasteiger partial charge is 0.380 e. The standard InChI is InChI=1S/C18H33N5O4.C10H15NO.C8H18N4O3.CH4/c19-3-7-24-9-11-26-12-10-25-8-6-23-14-17(20-21-23)13-22-4-1-18(2-5-22)15-27-16-18;1-2-5-11-6-3-10(4-7-11)8-12-9-10;9-1-3-13-5-7-15-8-6-14-4-2-11-12-10;/h14H,1-13,15-16,19H2;1H,3-9H2;1-9H2;1H4. The summed E-state index contributed by atoms with van der Waals surface area (Å²) >= 11 is 0. The molecule has 0 radical (unpaired) electrons. The van der Waals surface area contributed by atoms with Crippen molar-refractivity contribution >= 4 is 0 Å². The molecule has 0 bridgehead atoms. The topological polar surface area (TPSA) is 212 Å². The van der Waals surface area contributed by atoms with Gasteiger partial charge in [0.25, 0.3) is 0 Å². The van der Waals surface area contributed by atoms with E-state index in [2.05, 4.69) is 36.1 Å². The van der Waals surface area contributed by atoms with Gasteiger partial charge in [0, 0.05) is 48.1 Å². The number of rotatable bonds is 25. The van der Waals surface area contributed by atoms with Gasteiger partial charge in [-0.3, -0.25) is 9.80 Å². The van der Waals surface area contributed by atoms with E-state index in [0.29, 0.717) is 116 Å². The molecule has 0 amide bonds. The molecule has 4 saturated heterocycles. The van der Waals surface area contributed by atoms with Crippen molar-refractivity contribution in [2.45, 2.75) is 46.2 Å². The minimum absolute atomic E-state index is 0. The molecule has 4 aliphatic heterocycles. The zero-order valence-electron chi connectivity index (χ0n) is 32.4. The van der Waals surface area contributed by atoms with E-state index in [1.165, 1.54) is 25.7 Å². The maximum Gasteiger partial charge on any atom is 0.0967 e. The Labute approximate surface area is 328 Å². The summed E-state index contributed by atoms with van der Waals surface area (Å²) in [5.41, 5.74) is 20.6.